The molecule has 1 N–H and O–H groups in total. The minimum absolute atomic E-state index is 0.110. The molecule has 2 heterocycles. The Labute approximate surface area is 226 Å². The van der Waals surface area contributed by atoms with E-state index in [1.807, 2.05) is 5.38 Å². The van der Waals surface area contributed by atoms with Gasteiger partial charge in [-0.2, -0.15) is 5.10 Å². The third kappa shape index (κ3) is 4.34. The van der Waals surface area contributed by atoms with Crippen LogP contribution in [0.4, 0.5) is 5.13 Å². The number of aromatic nitrogens is 1. The highest BCUT2D eigenvalue weighted by Crippen LogP contribution is 2.51. The SMILES string of the molecule is Cc1cc(C)c(C2(C)CC(/C(=N/Nc3nc(CCl)cs3)c3cc4c(ccc5ccccc54)o3)C2)c(C)c1. The van der Waals surface area contributed by atoms with Crippen LogP contribution in [0.25, 0.3) is 21.7 Å². The number of nitrogens with one attached hydrogen (secondary N) is 1. The van der Waals surface area contributed by atoms with Gasteiger partial charge in [-0.3, -0.25) is 5.43 Å². The molecule has 1 fully saturated rings. The zero-order chi connectivity index (χ0) is 25.7. The molecule has 0 aliphatic heterocycles. The van der Waals surface area contributed by atoms with Crippen molar-refractivity contribution in [3.63, 3.8) is 0 Å². The van der Waals surface area contributed by atoms with Gasteiger partial charge in [-0.05, 0) is 78.6 Å². The van der Waals surface area contributed by atoms with Gasteiger partial charge in [0.1, 0.15) is 11.3 Å². The van der Waals surface area contributed by atoms with Gasteiger partial charge in [-0.15, -0.1) is 22.9 Å². The predicted molar refractivity (Wildman–Crippen MR) is 156 cm³/mol. The first-order chi connectivity index (χ1) is 17.8. The molecule has 0 amide bonds. The van der Waals surface area contributed by atoms with E-state index in [9.17, 15) is 0 Å². The van der Waals surface area contributed by atoms with E-state index in [1.54, 1.807) is 0 Å². The van der Waals surface area contributed by atoms with Gasteiger partial charge in [0.05, 0.1) is 11.6 Å². The van der Waals surface area contributed by atoms with Crippen molar-refractivity contribution >= 4 is 55.5 Å². The normalized spacial score (nSPS) is 19.9. The van der Waals surface area contributed by atoms with Crippen LogP contribution in [-0.4, -0.2) is 10.7 Å². The average molecular weight is 528 g/mol. The van der Waals surface area contributed by atoms with Gasteiger partial charge in [-0.1, -0.05) is 55.0 Å². The Balaban J connectivity index is 1.38. The molecule has 0 radical (unpaired) electrons. The first-order valence-corrected chi connectivity index (χ1v) is 14.1. The van der Waals surface area contributed by atoms with Crippen molar-refractivity contribution in [1.82, 2.24) is 4.98 Å². The molecule has 5 aromatic rings. The Morgan fingerprint density at radius 3 is 2.57 bits per heavy atom. The summed E-state index contributed by atoms with van der Waals surface area (Å²) in [6.07, 6.45) is 2.03. The van der Waals surface area contributed by atoms with Crippen LogP contribution in [0.15, 0.2) is 69.5 Å². The van der Waals surface area contributed by atoms with Crippen molar-refractivity contribution in [2.45, 2.75) is 51.8 Å². The van der Waals surface area contributed by atoms with Crippen LogP contribution in [0.3, 0.4) is 0 Å². The van der Waals surface area contributed by atoms with Crippen LogP contribution in [-0.2, 0) is 11.3 Å². The summed E-state index contributed by atoms with van der Waals surface area (Å²) in [7, 11) is 0. The van der Waals surface area contributed by atoms with E-state index in [0.717, 1.165) is 46.1 Å². The minimum atomic E-state index is 0.110. The molecule has 1 aliphatic carbocycles. The zero-order valence-corrected chi connectivity index (χ0v) is 23.1. The summed E-state index contributed by atoms with van der Waals surface area (Å²) < 4.78 is 6.44. The molecule has 6 rings (SSSR count). The second-order valence-electron chi connectivity index (χ2n) is 10.6. The predicted octanol–water partition coefficient (Wildman–Crippen LogP) is 8.89. The maximum absolute atomic E-state index is 6.44. The second kappa shape index (κ2) is 9.30. The van der Waals surface area contributed by atoms with Gasteiger partial charge in [0.25, 0.3) is 0 Å². The quantitative estimate of drug-likeness (QED) is 0.136. The number of fused-ring (bicyclic) bond motifs is 3. The number of alkyl halides is 1. The molecular formula is C31H30ClN3OS. The largest absolute Gasteiger partial charge is 0.455 e. The number of benzene rings is 3. The standard InChI is InChI=1S/C31H30ClN3OS/c1-18-11-19(2)28(20(3)12-18)31(4)14-22(15-31)29(34-35-30-33-23(16-32)17-37-30)27-13-25-24-8-6-5-7-21(24)9-10-26(25)36-27/h5-13,17,22H,14-16H2,1-4H3,(H,33,35)/b34-29-. The smallest absolute Gasteiger partial charge is 0.203 e. The minimum Gasteiger partial charge on any atom is -0.455 e. The summed E-state index contributed by atoms with van der Waals surface area (Å²) >= 11 is 7.48. The van der Waals surface area contributed by atoms with Gasteiger partial charge in [0.15, 0.2) is 5.76 Å². The Morgan fingerprint density at radius 1 is 1.08 bits per heavy atom. The molecule has 0 spiro atoms. The number of hydrogen-bond donors (Lipinski definition) is 1. The topological polar surface area (TPSA) is 50.4 Å². The van der Waals surface area contributed by atoms with E-state index < -0.39 is 0 Å². The molecule has 1 aliphatic rings. The number of anilines is 1. The van der Waals surface area contributed by atoms with E-state index in [2.05, 4.69) is 92.7 Å². The van der Waals surface area contributed by atoms with E-state index in [0.29, 0.717) is 5.88 Å². The van der Waals surface area contributed by atoms with Crippen LogP contribution in [0, 0.1) is 26.7 Å². The lowest BCUT2D eigenvalue weighted by Crippen LogP contribution is -2.43. The lowest BCUT2D eigenvalue weighted by Gasteiger charge is -2.47. The Kier molecular flexibility index (Phi) is 6.09. The van der Waals surface area contributed by atoms with Crippen LogP contribution in [0.1, 0.15) is 53.5 Å². The van der Waals surface area contributed by atoms with E-state index in [-0.39, 0.29) is 11.3 Å². The van der Waals surface area contributed by atoms with Gasteiger partial charge in [0.2, 0.25) is 5.13 Å². The molecule has 6 heteroatoms. The fourth-order valence-electron chi connectivity index (χ4n) is 6.35. The lowest BCUT2D eigenvalue weighted by molar-refractivity contribution is 0.215. The fraction of sp³-hybridized carbons (Fsp3) is 0.290. The summed E-state index contributed by atoms with van der Waals surface area (Å²) in [5.74, 6) is 1.48. The van der Waals surface area contributed by atoms with Gasteiger partial charge < -0.3 is 4.42 Å². The molecule has 37 heavy (non-hydrogen) atoms. The maximum Gasteiger partial charge on any atom is 0.203 e. The average Bonchev–Trinajstić information content (AvgIpc) is 3.49. The lowest BCUT2D eigenvalue weighted by atomic mass is 9.57. The Hall–Kier alpha value is -3.15. The van der Waals surface area contributed by atoms with Crippen LogP contribution < -0.4 is 5.43 Å². The van der Waals surface area contributed by atoms with Crippen LogP contribution >= 0.6 is 22.9 Å². The summed E-state index contributed by atoms with van der Waals surface area (Å²) in [5, 5.41) is 11.1. The highest BCUT2D eigenvalue weighted by atomic mass is 35.5. The number of halogens is 1. The Bertz CT molecular complexity index is 1630. The zero-order valence-electron chi connectivity index (χ0n) is 21.6. The molecule has 0 bridgehead atoms. The highest BCUT2D eigenvalue weighted by Gasteiger charge is 2.46. The number of hydrazone groups is 1. The number of thiazole rings is 1. The van der Waals surface area contributed by atoms with Crippen molar-refractivity contribution in [1.29, 1.82) is 0 Å². The summed E-state index contributed by atoms with van der Waals surface area (Å²) in [4.78, 5) is 4.53. The van der Waals surface area contributed by atoms with Crippen molar-refractivity contribution in [2.24, 2.45) is 11.0 Å². The maximum atomic E-state index is 6.44. The number of furan rings is 1. The number of nitrogens with zero attached hydrogens (tertiary/aromatic N) is 2. The summed E-state index contributed by atoms with van der Waals surface area (Å²) in [6, 6.07) is 19.4. The number of hydrogen-bond acceptors (Lipinski definition) is 5. The molecule has 2 aromatic heterocycles. The van der Waals surface area contributed by atoms with Crippen molar-refractivity contribution < 1.29 is 4.42 Å². The van der Waals surface area contributed by atoms with Crippen molar-refractivity contribution in [2.75, 3.05) is 5.43 Å². The third-order valence-electron chi connectivity index (χ3n) is 7.70. The van der Waals surface area contributed by atoms with Gasteiger partial charge in [-0.25, -0.2) is 4.98 Å². The van der Waals surface area contributed by atoms with E-state index >= 15 is 0 Å². The summed E-state index contributed by atoms with van der Waals surface area (Å²) in [6.45, 7) is 9.04. The Morgan fingerprint density at radius 2 is 1.84 bits per heavy atom. The van der Waals surface area contributed by atoms with Gasteiger partial charge >= 0.3 is 0 Å². The monoisotopic (exact) mass is 527 g/mol. The van der Waals surface area contributed by atoms with E-state index in [1.165, 1.54) is 44.4 Å². The summed E-state index contributed by atoms with van der Waals surface area (Å²) in [5.41, 5.74) is 11.5. The van der Waals surface area contributed by atoms with E-state index in [4.69, 9.17) is 21.1 Å². The molecule has 4 nitrogen and oxygen atoms in total. The van der Waals surface area contributed by atoms with Crippen molar-refractivity contribution in [3.8, 4) is 0 Å². The fourth-order valence-corrected chi connectivity index (χ4v) is 7.23. The molecule has 188 valence electrons. The van der Waals surface area contributed by atoms with Crippen molar-refractivity contribution in [3.05, 3.63) is 93.7 Å². The van der Waals surface area contributed by atoms with Crippen LogP contribution in [0.2, 0.25) is 0 Å². The second-order valence-corrected chi connectivity index (χ2v) is 11.8. The molecule has 0 unspecified atom stereocenters. The molecule has 3 aromatic carbocycles. The number of rotatable bonds is 6. The molecule has 1 saturated carbocycles. The van der Waals surface area contributed by atoms with Crippen LogP contribution in [0.5, 0.6) is 0 Å². The first-order valence-electron chi connectivity index (χ1n) is 12.7. The molecule has 0 saturated heterocycles. The first kappa shape index (κ1) is 24.2. The number of aryl methyl sites for hydroxylation is 3. The highest BCUT2D eigenvalue weighted by molar-refractivity contribution is 7.13. The molecule has 0 atom stereocenters. The van der Waals surface area contributed by atoms with Gasteiger partial charge in [0, 0.05) is 16.7 Å². The third-order valence-corrected chi connectivity index (χ3v) is 8.77. The molecular weight excluding hydrogens is 498 g/mol.